The normalized spacial score (nSPS) is 15.0. The lowest BCUT2D eigenvalue weighted by Gasteiger charge is -2.21. The van der Waals surface area contributed by atoms with Crippen LogP contribution in [0.3, 0.4) is 0 Å². The van der Waals surface area contributed by atoms with Gasteiger partial charge in [-0.1, -0.05) is 0 Å². The van der Waals surface area contributed by atoms with Crippen molar-refractivity contribution in [2.75, 3.05) is 32.0 Å². The topological polar surface area (TPSA) is 103 Å². The number of amides is 2. The summed E-state index contributed by atoms with van der Waals surface area (Å²) in [6, 6.07) is 7.96. The van der Waals surface area contributed by atoms with Gasteiger partial charge in [-0.05, 0) is 25.1 Å². The van der Waals surface area contributed by atoms with Crippen LogP contribution < -0.4 is 20.1 Å². The van der Waals surface area contributed by atoms with Gasteiger partial charge in [0, 0.05) is 22.6 Å². The van der Waals surface area contributed by atoms with Gasteiger partial charge in [0.25, 0.3) is 5.91 Å². The van der Waals surface area contributed by atoms with Gasteiger partial charge < -0.3 is 24.8 Å². The fourth-order valence-corrected chi connectivity index (χ4v) is 3.74. The number of hydrogen-bond acceptors (Lipinski definition) is 7. The van der Waals surface area contributed by atoms with Gasteiger partial charge in [0.15, 0.2) is 11.5 Å². The summed E-state index contributed by atoms with van der Waals surface area (Å²) in [7, 11) is 4.14. The standard InChI is InChI=1S/C20H20N2O6S/c1-10-18(23)22-14-7-11(5-6-17(14)29-10)19(24)21-13-9-16(27-3)15(26-2)8-12(13)20(25)28-4/h5-10H,1-4H3,(H,21,24)(H,22,23). The van der Waals surface area contributed by atoms with E-state index < -0.39 is 11.9 Å². The Morgan fingerprint density at radius 2 is 1.76 bits per heavy atom. The fraction of sp³-hybridized carbons (Fsp3) is 0.250. The summed E-state index contributed by atoms with van der Waals surface area (Å²) < 4.78 is 15.3. The number of esters is 1. The van der Waals surface area contributed by atoms with E-state index in [9.17, 15) is 14.4 Å². The van der Waals surface area contributed by atoms with Crippen molar-refractivity contribution >= 4 is 40.9 Å². The van der Waals surface area contributed by atoms with E-state index in [1.54, 1.807) is 18.2 Å². The lowest BCUT2D eigenvalue weighted by atomic mass is 10.1. The Morgan fingerprint density at radius 1 is 1.07 bits per heavy atom. The van der Waals surface area contributed by atoms with Crippen molar-refractivity contribution in [1.82, 2.24) is 0 Å². The summed E-state index contributed by atoms with van der Waals surface area (Å²) in [5, 5.41) is 5.29. The highest BCUT2D eigenvalue weighted by atomic mass is 32.2. The molecule has 2 aromatic rings. The number of carbonyl (C=O) groups excluding carboxylic acids is 3. The third-order valence-corrected chi connectivity index (χ3v) is 5.53. The quantitative estimate of drug-likeness (QED) is 0.722. The van der Waals surface area contributed by atoms with Crippen LogP contribution in [0.15, 0.2) is 35.2 Å². The first-order valence-electron chi connectivity index (χ1n) is 8.65. The molecule has 0 saturated heterocycles. The molecule has 1 aliphatic heterocycles. The van der Waals surface area contributed by atoms with E-state index in [2.05, 4.69) is 10.6 Å². The first kappa shape index (κ1) is 20.5. The van der Waals surface area contributed by atoms with Crippen molar-refractivity contribution in [2.45, 2.75) is 17.1 Å². The van der Waals surface area contributed by atoms with Gasteiger partial charge >= 0.3 is 5.97 Å². The van der Waals surface area contributed by atoms with Crippen molar-refractivity contribution in [3.8, 4) is 11.5 Å². The van der Waals surface area contributed by atoms with Crippen LogP contribution in [-0.2, 0) is 9.53 Å². The average Bonchev–Trinajstić information content (AvgIpc) is 2.73. The molecular formula is C20H20N2O6S. The molecule has 0 aliphatic carbocycles. The van der Waals surface area contributed by atoms with Gasteiger partial charge in [-0.25, -0.2) is 4.79 Å². The second-order valence-corrected chi connectivity index (χ2v) is 7.54. The smallest absolute Gasteiger partial charge is 0.340 e. The van der Waals surface area contributed by atoms with Crippen molar-refractivity contribution < 1.29 is 28.6 Å². The van der Waals surface area contributed by atoms with Crippen molar-refractivity contribution in [2.24, 2.45) is 0 Å². The van der Waals surface area contributed by atoms with Crippen molar-refractivity contribution in [1.29, 1.82) is 0 Å². The van der Waals surface area contributed by atoms with Gasteiger partial charge in [0.2, 0.25) is 5.91 Å². The van der Waals surface area contributed by atoms with Gasteiger partial charge in [-0.15, -0.1) is 11.8 Å². The molecule has 0 bridgehead atoms. The maximum atomic E-state index is 12.8. The molecular weight excluding hydrogens is 396 g/mol. The number of methoxy groups -OCH3 is 3. The molecule has 2 amide bonds. The fourth-order valence-electron chi connectivity index (χ4n) is 2.81. The molecule has 0 saturated carbocycles. The molecule has 8 nitrogen and oxygen atoms in total. The summed E-state index contributed by atoms with van der Waals surface area (Å²) in [4.78, 5) is 37.8. The molecule has 2 N–H and O–H groups in total. The van der Waals surface area contributed by atoms with Crippen LogP contribution in [0, 0.1) is 0 Å². The maximum absolute atomic E-state index is 12.8. The zero-order chi connectivity index (χ0) is 21.1. The van der Waals surface area contributed by atoms with Crippen molar-refractivity contribution in [3.05, 3.63) is 41.5 Å². The molecule has 29 heavy (non-hydrogen) atoms. The number of rotatable bonds is 5. The molecule has 1 heterocycles. The molecule has 1 unspecified atom stereocenters. The highest BCUT2D eigenvalue weighted by molar-refractivity contribution is 8.00. The lowest BCUT2D eigenvalue weighted by Crippen LogP contribution is -2.26. The minimum Gasteiger partial charge on any atom is -0.493 e. The molecule has 0 fully saturated rings. The summed E-state index contributed by atoms with van der Waals surface area (Å²) in [6.45, 7) is 1.81. The van der Waals surface area contributed by atoms with E-state index in [-0.39, 0.29) is 22.4 Å². The van der Waals surface area contributed by atoms with Gasteiger partial charge in [0.1, 0.15) is 0 Å². The largest absolute Gasteiger partial charge is 0.493 e. The summed E-state index contributed by atoms with van der Waals surface area (Å²) >= 11 is 1.43. The monoisotopic (exact) mass is 416 g/mol. The number of nitrogens with one attached hydrogen (secondary N) is 2. The maximum Gasteiger partial charge on any atom is 0.340 e. The molecule has 1 aliphatic rings. The Hall–Kier alpha value is -3.20. The molecule has 9 heteroatoms. The average molecular weight is 416 g/mol. The highest BCUT2D eigenvalue weighted by Gasteiger charge is 2.24. The second kappa shape index (κ2) is 8.44. The van der Waals surface area contributed by atoms with Gasteiger partial charge in [-0.2, -0.15) is 0 Å². The van der Waals surface area contributed by atoms with E-state index >= 15 is 0 Å². The van der Waals surface area contributed by atoms with Crippen LogP contribution in [0.5, 0.6) is 11.5 Å². The molecule has 0 aromatic heterocycles. The Bertz CT molecular complexity index is 991. The second-order valence-electron chi connectivity index (χ2n) is 6.16. The zero-order valence-electron chi connectivity index (χ0n) is 16.3. The third-order valence-electron chi connectivity index (χ3n) is 4.35. The molecule has 1 atom stereocenters. The van der Waals surface area contributed by atoms with E-state index in [1.165, 1.54) is 45.2 Å². The van der Waals surface area contributed by atoms with Crippen LogP contribution in [0.25, 0.3) is 0 Å². The number of anilines is 2. The predicted molar refractivity (Wildman–Crippen MR) is 109 cm³/mol. The van der Waals surface area contributed by atoms with Crippen LogP contribution in [-0.4, -0.2) is 44.4 Å². The number of benzene rings is 2. The third kappa shape index (κ3) is 4.14. The molecule has 2 aromatic carbocycles. The van der Waals surface area contributed by atoms with E-state index in [0.29, 0.717) is 22.7 Å². The van der Waals surface area contributed by atoms with Crippen LogP contribution in [0.4, 0.5) is 11.4 Å². The number of ether oxygens (including phenoxy) is 3. The SMILES string of the molecule is COC(=O)c1cc(OC)c(OC)cc1NC(=O)c1ccc2c(c1)NC(=O)C(C)S2. The van der Waals surface area contributed by atoms with Crippen LogP contribution >= 0.6 is 11.8 Å². The first-order chi connectivity index (χ1) is 13.9. The molecule has 152 valence electrons. The summed E-state index contributed by atoms with van der Waals surface area (Å²) in [6.07, 6.45) is 0. The van der Waals surface area contributed by atoms with Crippen molar-refractivity contribution in [3.63, 3.8) is 0 Å². The Labute approximate surface area is 171 Å². The highest BCUT2D eigenvalue weighted by Crippen LogP contribution is 2.37. The zero-order valence-corrected chi connectivity index (χ0v) is 17.1. The summed E-state index contributed by atoms with van der Waals surface area (Å²) in [5.41, 5.74) is 1.23. The number of hydrogen-bond donors (Lipinski definition) is 2. The molecule has 3 rings (SSSR count). The summed E-state index contributed by atoms with van der Waals surface area (Å²) in [5.74, 6) is -0.535. The number of carbonyl (C=O) groups is 3. The predicted octanol–water partition coefficient (Wildman–Crippen LogP) is 3.18. The Kier molecular flexibility index (Phi) is 5.97. The van der Waals surface area contributed by atoms with Gasteiger partial charge in [-0.3, -0.25) is 9.59 Å². The molecule has 0 radical (unpaired) electrons. The van der Waals surface area contributed by atoms with E-state index in [4.69, 9.17) is 14.2 Å². The molecule has 0 spiro atoms. The Balaban J connectivity index is 1.93. The van der Waals surface area contributed by atoms with E-state index in [0.717, 1.165) is 4.90 Å². The lowest BCUT2D eigenvalue weighted by molar-refractivity contribution is -0.115. The van der Waals surface area contributed by atoms with Gasteiger partial charge in [0.05, 0.1) is 43.5 Å². The van der Waals surface area contributed by atoms with Crippen LogP contribution in [0.1, 0.15) is 27.6 Å². The minimum absolute atomic E-state index is 0.118. The Morgan fingerprint density at radius 3 is 2.41 bits per heavy atom. The first-order valence-corrected chi connectivity index (χ1v) is 9.53. The minimum atomic E-state index is -0.635. The number of thioether (sulfide) groups is 1. The van der Waals surface area contributed by atoms with Crippen LogP contribution in [0.2, 0.25) is 0 Å². The van der Waals surface area contributed by atoms with E-state index in [1.807, 2.05) is 6.92 Å². The number of fused-ring (bicyclic) bond motifs is 1.